The number of benzene rings is 2. The van der Waals surface area contributed by atoms with E-state index >= 15 is 0 Å². The first kappa shape index (κ1) is 17.9. The molecule has 2 aromatic carbocycles. The Bertz CT molecular complexity index is 799. The van der Waals surface area contributed by atoms with Gasteiger partial charge in [-0.05, 0) is 36.4 Å². The summed E-state index contributed by atoms with van der Waals surface area (Å²) in [7, 11) is 2.68. The lowest BCUT2D eigenvalue weighted by Gasteiger charge is -2.08. The van der Waals surface area contributed by atoms with Crippen LogP contribution in [0.1, 0.15) is 20.7 Å². The molecular formula is C17H15NO7. The minimum Gasteiger partial charge on any atom is -0.497 e. The second kappa shape index (κ2) is 7.91. The van der Waals surface area contributed by atoms with Gasteiger partial charge >= 0.3 is 11.7 Å². The number of nitrogens with zero attached hydrogens (tertiary/aromatic N) is 1. The number of nitro groups is 1. The Morgan fingerprint density at radius 3 is 2.24 bits per heavy atom. The van der Waals surface area contributed by atoms with Crippen LogP contribution in [0.4, 0.5) is 5.69 Å². The van der Waals surface area contributed by atoms with Crippen LogP contribution < -0.4 is 9.47 Å². The molecule has 2 rings (SSSR count). The van der Waals surface area contributed by atoms with E-state index in [4.69, 9.17) is 9.47 Å². The maximum atomic E-state index is 12.1. The third-order valence-electron chi connectivity index (χ3n) is 3.35. The number of hydrogen-bond donors (Lipinski definition) is 0. The molecule has 0 atom stereocenters. The van der Waals surface area contributed by atoms with Crippen LogP contribution in [0.5, 0.6) is 11.5 Å². The molecular weight excluding hydrogens is 330 g/mol. The van der Waals surface area contributed by atoms with E-state index in [0.717, 1.165) is 6.07 Å². The van der Waals surface area contributed by atoms with E-state index in [1.165, 1.54) is 26.4 Å². The molecule has 0 saturated carbocycles. The number of methoxy groups -OCH3 is 2. The summed E-state index contributed by atoms with van der Waals surface area (Å²) in [5, 5.41) is 11.1. The number of hydrogen-bond acceptors (Lipinski definition) is 7. The van der Waals surface area contributed by atoms with Gasteiger partial charge in [0.25, 0.3) is 0 Å². The molecule has 8 nitrogen and oxygen atoms in total. The van der Waals surface area contributed by atoms with Crippen LogP contribution in [0.15, 0.2) is 42.5 Å². The Morgan fingerprint density at radius 1 is 1.04 bits per heavy atom. The number of esters is 1. The van der Waals surface area contributed by atoms with Crippen molar-refractivity contribution in [3.05, 3.63) is 63.7 Å². The van der Waals surface area contributed by atoms with Crippen molar-refractivity contribution in [2.45, 2.75) is 0 Å². The number of Topliss-reactive ketones (excluding diaryl/α,β-unsaturated/α-hetero) is 1. The molecule has 0 aromatic heterocycles. The lowest BCUT2D eigenvalue weighted by Crippen LogP contribution is -2.12. The molecule has 0 saturated heterocycles. The summed E-state index contributed by atoms with van der Waals surface area (Å²) in [6.07, 6.45) is 0. The topological polar surface area (TPSA) is 105 Å². The van der Waals surface area contributed by atoms with Gasteiger partial charge in [0.05, 0.1) is 24.7 Å². The average molecular weight is 345 g/mol. The molecule has 0 unspecified atom stereocenters. The largest absolute Gasteiger partial charge is 0.497 e. The van der Waals surface area contributed by atoms with E-state index in [1.807, 2.05) is 0 Å². The lowest BCUT2D eigenvalue weighted by atomic mass is 10.1. The SMILES string of the molecule is COC(=O)c1ccc(OCC(=O)c2ccc(OC)cc2)c([N+](=O)[O-])c1. The number of carbonyl (C=O) groups is 2. The minimum absolute atomic E-state index is 0.0167. The summed E-state index contributed by atoms with van der Waals surface area (Å²) >= 11 is 0. The fraction of sp³-hybridized carbons (Fsp3) is 0.176. The summed E-state index contributed by atoms with van der Waals surface area (Å²) in [5.41, 5.74) is -0.0249. The number of ether oxygens (including phenoxy) is 3. The van der Waals surface area contributed by atoms with Crippen molar-refractivity contribution in [1.29, 1.82) is 0 Å². The molecule has 0 aliphatic carbocycles. The predicted molar refractivity (Wildman–Crippen MR) is 87.3 cm³/mol. The Hall–Kier alpha value is -3.42. The van der Waals surface area contributed by atoms with E-state index in [2.05, 4.69) is 4.74 Å². The summed E-state index contributed by atoms with van der Waals surface area (Å²) in [6.45, 7) is -0.384. The highest BCUT2D eigenvalue weighted by atomic mass is 16.6. The van der Waals surface area contributed by atoms with Crippen molar-refractivity contribution in [3.8, 4) is 11.5 Å². The van der Waals surface area contributed by atoms with Gasteiger partial charge in [0, 0.05) is 11.6 Å². The second-order valence-corrected chi connectivity index (χ2v) is 4.87. The first-order valence-electron chi connectivity index (χ1n) is 7.13. The number of nitro benzene ring substituents is 1. The van der Waals surface area contributed by atoms with Crippen LogP contribution in [0.3, 0.4) is 0 Å². The highest BCUT2D eigenvalue weighted by Gasteiger charge is 2.20. The maximum Gasteiger partial charge on any atom is 0.338 e. The molecule has 130 valence electrons. The molecule has 0 aliphatic rings. The molecule has 0 bridgehead atoms. The Morgan fingerprint density at radius 2 is 1.68 bits per heavy atom. The zero-order valence-electron chi connectivity index (χ0n) is 13.6. The van der Waals surface area contributed by atoms with Gasteiger partial charge in [-0.25, -0.2) is 4.79 Å². The van der Waals surface area contributed by atoms with Crippen molar-refractivity contribution in [3.63, 3.8) is 0 Å². The molecule has 25 heavy (non-hydrogen) atoms. The first-order chi connectivity index (χ1) is 12.0. The van der Waals surface area contributed by atoms with Crippen molar-refractivity contribution in [1.82, 2.24) is 0 Å². The van der Waals surface area contributed by atoms with Crippen LogP contribution >= 0.6 is 0 Å². The fourth-order valence-corrected chi connectivity index (χ4v) is 2.03. The maximum absolute atomic E-state index is 12.1. The third-order valence-corrected chi connectivity index (χ3v) is 3.35. The van der Waals surface area contributed by atoms with Crippen molar-refractivity contribution in [2.75, 3.05) is 20.8 Å². The molecule has 2 aromatic rings. The summed E-state index contributed by atoms with van der Waals surface area (Å²) in [6, 6.07) is 10.0. The highest BCUT2D eigenvalue weighted by Crippen LogP contribution is 2.28. The number of ketones is 1. The molecule has 0 heterocycles. The van der Waals surface area contributed by atoms with Gasteiger partial charge in [-0.1, -0.05) is 0 Å². The molecule has 0 amide bonds. The van der Waals surface area contributed by atoms with Crippen molar-refractivity contribution < 1.29 is 28.7 Å². The van der Waals surface area contributed by atoms with Crippen LogP contribution in [-0.4, -0.2) is 37.5 Å². The third kappa shape index (κ3) is 4.31. The minimum atomic E-state index is -0.705. The Balaban J connectivity index is 2.14. The van der Waals surface area contributed by atoms with Crippen LogP contribution in [0, 0.1) is 10.1 Å². The quantitative estimate of drug-likeness (QED) is 0.329. The van der Waals surface area contributed by atoms with Gasteiger partial charge in [-0.3, -0.25) is 14.9 Å². The molecule has 0 spiro atoms. The highest BCUT2D eigenvalue weighted by molar-refractivity contribution is 5.97. The monoisotopic (exact) mass is 345 g/mol. The smallest absolute Gasteiger partial charge is 0.338 e. The summed E-state index contributed by atoms with van der Waals surface area (Å²) < 4.78 is 14.8. The van der Waals surface area contributed by atoms with Gasteiger partial charge in [0.1, 0.15) is 5.75 Å². The van der Waals surface area contributed by atoms with Gasteiger partial charge in [-0.2, -0.15) is 0 Å². The van der Waals surface area contributed by atoms with Crippen LogP contribution in [0.2, 0.25) is 0 Å². The predicted octanol–water partition coefficient (Wildman–Crippen LogP) is 2.65. The van der Waals surface area contributed by atoms with E-state index in [-0.39, 0.29) is 23.7 Å². The molecule has 8 heteroatoms. The normalized spacial score (nSPS) is 10.0. The van der Waals surface area contributed by atoms with Gasteiger partial charge in [0.2, 0.25) is 0 Å². The Labute approximate surface area is 143 Å². The second-order valence-electron chi connectivity index (χ2n) is 4.87. The Kier molecular flexibility index (Phi) is 5.67. The van der Waals surface area contributed by atoms with Crippen molar-refractivity contribution >= 4 is 17.4 Å². The molecule has 0 N–H and O–H groups in total. The van der Waals surface area contributed by atoms with E-state index in [0.29, 0.717) is 11.3 Å². The first-order valence-corrected chi connectivity index (χ1v) is 7.13. The van der Waals surface area contributed by atoms with Crippen LogP contribution in [-0.2, 0) is 4.74 Å². The lowest BCUT2D eigenvalue weighted by molar-refractivity contribution is -0.385. The zero-order valence-corrected chi connectivity index (χ0v) is 13.6. The van der Waals surface area contributed by atoms with Crippen LogP contribution in [0.25, 0.3) is 0 Å². The van der Waals surface area contributed by atoms with Gasteiger partial charge in [-0.15, -0.1) is 0 Å². The number of rotatable bonds is 7. The molecule has 0 radical (unpaired) electrons. The van der Waals surface area contributed by atoms with Gasteiger partial charge < -0.3 is 14.2 Å². The average Bonchev–Trinajstić information content (AvgIpc) is 2.65. The van der Waals surface area contributed by atoms with Crippen molar-refractivity contribution in [2.24, 2.45) is 0 Å². The summed E-state index contributed by atoms with van der Waals surface area (Å²) in [4.78, 5) is 34.0. The standard InChI is InChI=1S/C17H15NO7/c1-23-13-6-3-11(4-7-13)15(19)10-25-16-8-5-12(17(20)24-2)9-14(16)18(21)22/h3-9H,10H2,1-2H3. The molecule has 0 fully saturated rings. The summed E-state index contributed by atoms with van der Waals surface area (Å²) in [5.74, 6) is -0.566. The zero-order chi connectivity index (χ0) is 18.4. The van der Waals surface area contributed by atoms with E-state index in [9.17, 15) is 19.7 Å². The molecule has 0 aliphatic heterocycles. The fourth-order valence-electron chi connectivity index (χ4n) is 2.03. The number of carbonyl (C=O) groups excluding carboxylic acids is 2. The van der Waals surface area contributed by atoms with Gasteiger partial charge in [0.15, 0.2) is 18.1 Å². The van der Waals surface area contributed by atoms with E-state index < -0.39 is 16.6 Å². The van der Waals surface area contributed by atoms with E-state index in [1.54, 1.807) is 24.3 Å².